The molecule has 0 aromatic heterocycles. The van der Waals surface area contributed by atoms with Crippen LogP contribution in [0, 0.1) is 10.8 Å². The second-order valence-electron chi connectivity index (χ2n) is 5.17. The standard InChI is InChI=1S/C14H22N4O2S3/c1-23(19,20)9-12(8-22-14(17)18)11-4-2-10(3-5-11)6-7-21-13(15)16/h2-5,12H,6-9H2,1H3,(H3,15,16)(H3,17,18)/t12-/m1/s1. The van der Waals surface area contributed by atoms with Gasteiger partial charge >= 0.3 is 0 Å². The Bertz CT molecular complexity index is 644. The molecule has 0 saturated heterocycles. The van der Waals surface area contributed by atoms with Crippen LogP contribution in [0.2, 0.25) is 0 Å². The van der Waals surface area contributed by atoms with Gasteiger partial charge in [0.25, 0.3) is 0 Å². The Morgan fingerprint density at radius 3 is 2.17 bits per heavy atom. The van der Waals surface area contributed by atoms with E-state index in [0.717, 1.165) is 35.1 Å². The lowest BCUT2D eigenvalue weighted by Crippen LogP contribution is -2.17. The Labute approximate surface area is 145 Å². The number of hydrogen-bond acceptors (Lipinski definition) is 6. The minimum absolute atomic E-state index is 0.0126. The molecule has 9 heteroatoms. The molecule has 1 rings (SSSR count). The van der Waals surface area contributed by atoms with Gasteiger partial charge < -0.3 is 11.5 Å². The highest BCUT2D eigenvalue weighted by Crippen LogP contribution is 2.23. The fourth-order valence-electron chi connectivity index (χ4n) is 2.03. The average Bonchev–Trinajstić information content (AvgIpc) is 2.42. The van der Waals surface area contributed by atoms with Crippen LogP contribution >= 0.6 is 23.5 Å². The van der Waals surface area contributed by atoms with Gasteiger partial charge in [-0.25, -0.2) is 8.42 Å². The Balaban J connectivity index is 2.77. The zero-order valence-corrected chi connectivity index (χ0v) is 15.4. The molecule has 0 aliphatic carbocycles. The van der Waals surface area contributed by atoms with Gasteiger partial charge in [0, 0.05) is 23.7 Å². The molecule has 0 aliphatic heterocycles. The number of aryl methyl sites for hydroxylation is 1. The number of amidine groups is 2. The van der Waals surface area contributed by atoms with Crippen LogP contribution < -0.4 is 11.5 Å². The first-order valence-corrected chi connectivity index (χ1v) is 10.9. The highest BCUT2D eigenvalue weighted by atomic mass is 32.2. The van der Waals surface area contributed by atoms with Gasteiger partial charge in [-0.15, -0.1) is 0 Å². The summed E-state index contributed by atoms with van der Waals surface area (Å²) in [6.07, 6.45) is 2.01. The summed E-state index contributed by atoms with van der Waals surface area (Å²) in [6.45, 7) is 0. The van der Waals surface area contributed by atoms with E-state index in [1.165, 1.54) is 18.0 Å². The highest BCUT2D eigenvalue weighted by Gasteiger charge is 2.18. The lowest BCUT2D eigenvalue weighted by molar-refractivity contribution is 0.597. The second kappa shape index (κ2) is 9.19. The molecule has 0 spiro atoms. The van der Waals surface area contributed by atoms with Crippen molar-refractivity contribution in [3.05, 3.63) is 35.4 Å². The minimum Gasteiger partial charge on any atom is -0.379 e. The van der Waals surface area contributed by atoms with Crippen LogP contribution in [0.5, 0.6) is 0 Å². The smallest absolute Gasteiger partial charge is 0.151 e. The first kappa shape index (κ1) is 19.9. The number of nitrogens with two attached hydrogens (primary N) is 2. The predicted molar refractivity (Wildman–Crippen MR) is 101 cm³/mol. The van der Waals surface area contributed by atoms with E-state index < -0.39 is 9.84 Å². The monoisotopic (exact) mass is 374 g/mol. The third-order valence-corrected chi connectivity index (χ3v) is 5.65. The van der Waals surface area contributed by atoms with E-state index in [1.807, 2.05) is 24.3 Å². The Morgan fingerprint density at radius 1 is 1.13 bits per heavy atom. The summed E-state index contributed by atoms with van der Waals surface area (Å²) in [5.74, 6) is 1.04. The molecule has 0 amide bonds. The molecule has 0 unspecified atom stereocenters. The molecule has 0 aliphatic rings. The average molecular weight is 375 g/mol. The second-order valence-corrected chi connectivity index (χ2v) is 9.55. The molecule has 6 N–H and O–H groups in total. The zero-order chi connectivity index (χ0) is 17.5. The van der Waals surface area contributed by atoms with Gasteiger partial charge in [0.2, 0.25) is 0 Å². The van der Waals surface area contributed by atoms with Gasteiger partial charge in [0.1, 0.15) is 9.84 Å². The van der Waals surface area contributed by atoms with Gasteiger partial charge in [-0.05, 0) is 17.5 Å². The van der Waals surface area contributed by atoms with E-state index >= 15 is 0 Å². The van der Waals surface area contributed by atoms with E-state index in [9.17, 15) is 8.42 Å². The number of hydrogen-bond donors (Lipinski definition) is 4. The molecule has 1 atom stereocenters. The van der Waals surface area contributed by atoms with Crippen LogP contribution in [0.15, 0.2) is 24.3 Å². The molecular weight excluding hydrogens is 352 g/mol. The van der Waals surface area contributed by atoms with Crippen LogP contribution in [0.25, 0.3) is 0 Å². The van der Waals surface area contributed by atoms with Crippen LogP contribution in [-0.2, 0) is 16.3 Å². The van der Waals surface area contributed by atoms with Gasteiger partial charge in [-0.2, -0.15) is 0 Å². The molecular formula is C14H22N4O2S3. The maximum Gasteiger partial charge on any atom is 0.151 e. The van der Waals surface area contributed by atoms with Crippen molar-refractivity contribution in [2.75, 3.05) is 23.5 Å². The molecule has 1 aromatic carbocycles. The molecule has 6 nitrogen and oxygen atoms in total. The summed E-state index contributed by atoms with van der Waals surface area (Å²) in [5.41, 5.74) is 12.7. The number of sulfone groups is 1. The van der Waals surface area contributed by atoms with Crippen LogP contribution in [0.4, 0.5) is 0 Å². The van der Waals surface area contributed by atoms with Gasteiger partial charge in [-0.3, -0.25) is 10.8 Å². The summed E-state index contributed by atoms with van der Waals surface area (Å²) in [4.78, 5) is 0. The molecule has 23 heavy (non-hydrogen) atoms. The molecule has 0 heterocycles. The maximum absolute atomic E-state index is 11.6. The van der Waals surface area contributed by atoms with Crippen molar-refractivity contribution in [3.63, 3.8) is 0 Å². The number of thioether (sulfide) groups is 2. The lowest BCUT2D eigenvalue weighted by atomic mass is 10.0. The fraction of sp³-hybridized carbons (Fsp3) is 0.429. The van der Waals surface area contributed by atoms with E-state index in [4.69, 9.17) is 22.3 Å². The summed E-state index contributed by atoms with van der Waals surface area (Å²) < 4.78 is 23.2. The number of rotatable bonds is 8. The maximum atomic E-state index is 11.6. The van der Waals surface area contributed by atoms with Crippen molar-refractivity contribution in [1.29, 1.82) is 10.8 Å². The lowest BCUT2D eigenvalue weighted by Gasteiger charge is -2.16. The van der Waals surface area contributed by atoms with E-state index in [2.05, 4.69) is 0 Å². The third-order valence-electron chi connectivity index (χ3n) is 3.04. The first-order chi connectivity index (χ1) is 10.7. The summed E-state index contributed by atoms with van der Waals surface area (Å²) in [7, 11) is -3.12. The topological polar surface area (TPSA) is 134 Å². The number of benzene rings is 1. The van der Waals surface area contributed by atoms with Crippen molar-refractivity contribution in [3.8, 4) is 0 Å². The molecule has 0 saturated carbocycles. The predicted octanol–water partition coefficient (Wildman–Crippen LogP) is 1.61. The van der Waals surface area contributed by atoms with Gasteiger partial charge in [0.05, 0.1) is 5.75 Å². The minimum atomic E-state index is -3.12. The summed E-state index contributed by atoms with van der Waals surface area (Å²) >= 11 is 2.45. The van der Waals surface area contributed by atoms with E-state index in [1.54, 1.807) is 0 Å². The molecule has 128 valence electrons. The molecule has 0 radical (unpaired) electrons. The first-order valence-electron chi connectivity index (χ1n) is 6.87. The Kier molecular flexibility index (Phi) is 7.93. The summed E-state index contributed by atoms with van der Waals surface area (Å²) in [5, 5.41) is 14.6. The normalized spacial score (nSPS) is 12.7. The largest absolute Gasteiger partial charge is 0.379 e. The van der Waals surface area contributed by atoms with Gasteiger partial charge in [0.15, 0.2) is 10.3 Å². The van der Waals surface area contributed by atoms with E-state index in [-0.39, 0.29) is 22.0 Å². The van der Waals surface area contributed by atoms with E-state index in [0.29, 0.717) is 5.75 Å². The Morgan fingerprint density at radius 2 is 1.70 bits per heavy atom. The quantitative estimate of drug-likeness (QED) is 0.403. The van der Waals surface area contributed by atoms with Crippen LogP contribution in [0.1, 0.15) is 17.0 Å². The van der Waals surface area contributed by atoms with Gasteiger partial charge in [-0.1, -0.05) is 47.8 Å². The summed E-state index contributed by atoms with van der Waals surface area (Å²) in [6, 6.07) is 7.77. The van der Waals surface area contributed by atoms with Crippen LogP contribution in [0.3, 0.4) is 0 Å². The fourth-order valence-corrected chi connectivity index (χ4v) is 4.47. The SMILES string of the molecule is CS(=O)(=O)C[C@@H](CSC(=N)N)c1ccc(CCSC(=N)N)cc1. The Hall–Kier alpha value is -1.19. The van der Waals surface area contributed by atoms with Crippen LogP contribution in [-0.4, -0.2) is 42.3 Å². The molecule has 0 fully saturated rings. The zero-order valence-electron chi connectivity index (χ0n) is 12.9. The highest BCUT2D eigenvalue weighted by molar-refractivity contribution is 8.13. The third kappa shape index (κ3) is 8.87. The van der Waals surface area contributed by atoms with Crippen molar-refractivity contribution in [1.82, 2.24) is 0 Å². The van der Waals surface area contributed by atoms with Crippen molar-refractivity contribution in [2.45, 2.75) is 12.3 Å². The number of nitrogens with one attached hydrogen (secondary N) is 2. The van der Waals surface area contributed by atoms with Crippen molar-refractivity contribution >= 4 is 43.7 Å². The molecule has 0 bridgehead atoms. The van der Waals surface area contributed by atoms with Crippen molar-refractivity contribution < 1.29 is 8.42 Å². The van der Waals surface area contributed by atoms with Crippen molar-refractivity contribution in [2.24, 2.45) is 11.5 Å². The molecule has 1 aromatic rings.